The zero-order valence-electron chi connectivity index (χ0n) is 10.2. The summed E-state index contributed by atoms with van der Waals surface area (Å²) in [5, 5.41) is -0.00699. The molecule has 2 N–H and O–H groups in total. The van der Waals surface area contributed by atoms with Gasteiger partial charge >= 0.3 is 0 Å². The fourth-order valence-corrected chi connectivity index (χ4v) is 2.64. The number of nitrogens with two attached hydrogens (primary N) is 1. The monoisotopic (exact) mass is 282 g/mol. The van der Waals surface area contributed by atoms with Crippen molar-refractivity contribution in [1.82, 2.24) is 14.5 Å². The zero-order chi connectivity index (χ0) is 13.7. The van der Waals surface area contributed by atoms with Gasteiger partial charge in [-0.1, -0.05) is 11.6 Å². The summed E-state index contributed by atoms with van der Waals surface area (Å²) >= 11 is 5.79. The summed E-state index contributed by atoms with van der Waals surface area (Å²) in [6.07, 6.45) is 0.653. The molecule has 1 amide bonds. The first kappa shape index (κ1) is 12.2. The van der Waals surface area contributed by atoms with Crippen LogP contribution < -0.4 is 5.73 Å². The molecule has 2 heterocycles. The minimum Gasteiger partial charge on any atom is -0.369 e. The van der Waals surface area contributed by atoms with Gasteiger partial charge in [-0.25, -0.2) is 9.37 Å². The number of imidazole rings is 1. The Labute approximate surface area is 113 Å². The van der Waals surface area contributed by atoms with E-state index in [4.69, 9.17) is 17.3 Å². The van der Waals surface area contributed by atoms with E-state index in [1.54, 1.807) is 16.5 Å². The van der Waals surface area contributed by atoms with Gasteiger partial charge in [-0.15, -0.1) is 0 Å². The second-order valence-corrected chi connectivity index (χ2v) is 5.07. The van der Waals surface area contributed by atoms with Crippen LogP contribution in [0.15, 0.2) is 12.1 Å². The summed E-state index contributed by atoms with van der Waals surface area (Å²) in [6.45, 7) is 0.664. The van der Waals surface area contributed by atoms with E-state index in [9.17, 15) is 9.18 Å². The predicted molar refractivity (Wildman–Crippen MR) is 70.4 cm³/mol. The fraction of sp³-hybridized carbons (Fsp3) is 0.333. The Balaban J connectivity index is 2.21. The number of nitrogen functional groups attached to an aromatic ring is 1. The largest absolute Gasteiger partial charge is 0.369 e. The lowest BCUT2D eigenvalue weighted by Crippen LogP contribution is -2.25. The minimum atomic E-state index is -0.548. The highest BCUT2D eigenvalue weighted by molar-refractivity contribution is 6.31. The summed E-state index contributed by atoms with van der Waals surface area (Å²) in [7, 11) is 1.74. The zero-order valence-corrected chi connectivity index (χ0v) is 11.0. The lowest BCUT2D eigenvalue weighted by atomic mass is 10.2. The Morgan fingerprint density at radius 2 is 2.26 bits per heavy atom. The van der Waals surface area contributed by atoms with Gasteiger partial charge in [0.25, 0.3) is 0 Å². The van der Waals surface area contributed by atoms with Crippen LogP contribution in [0.3, 0.4) is 0 Å². The van der Waals surface area contributed by atoms with E-state index in [1.807, 2.05) is 0 Å². The number of aromatic nitrogens is 2. The van der Waals surface area contributed by atoms with Gasteiger partial charge in [0.05, 0.1) is 16.1 Å². The van der Waals surface area contributed by atoms with Crippen LogP contribution in [-0.4, -0.2) is 34.0 Å². The van der Waals surface area contributed by atoms with E-state index in [0.717, 1.165) is 0 Å². The molecule has 2 aromatic rings. The third-order valence-electron chi connectivity index (χ3n) is 3.47. The number of halogens is 2. The van der Waals surface area contributed by atoms with Crippen molar-refractivity contribution in [2.45, 2.75) is 12.5 Å². The highest BCUT2D eigenvalue weighted by atomic mass is 35.5. The van der Waals surface area contributed by atoms with Crippen LogP contribution in [0.5, 0.6) is 0 Å². The van der Waals surface area contributed by atoms with Crippen molar-refractivity contribution in [2.75, 3.05) is 19.3 Å². The van der Waals surface area contributed by atoms with Crippen molar-refractivity contribution in [3.63, 3.8) is 0 Å². The molecule has 3 rings (SSSR count). The smallest absolute Gasteiger partial charge is 0.245 e. The molecule has 1 aromatic carbocycles. The lowest BCUT2D eigenvalue weighted by Gasteiger charge is -2.14. The van der Waals surface area contributed by atoms with Crippen molar-refractivity contribution in [3.05, 3.63) is 23.0 Å². The van der Waals surface area contributed by atoms with Crippen molar-refractivity contribution in [1.29, 1.82) is 0 Å². The Morgan fingerprint density at radius 3 is 2.89 bits per heavy atom. The van der Waals surface area contributed by atoms with E-state index < -0.39 is 11.9 Å². The molecule has 1 aromatic heterocycles. The van der Waals surface area contributed by atoms with Crippen LogP contribution in [0.1, 0.15) is 12.5 Å². The molecule has 0 aliphatic carbocycles. The molecule has 0 spiro atoms. The third-order valence-corrected chi connectivity index (χ3v) is 3.76. The Hall–Kier alpha value is -1.82. The molecular formula is C12H12ClFN4O. The maximum Gasteiger partial charge on any atom is 0.245 e. The first-order valence-electron chi connectivity index (χ1n) is 5.86. The van der Waals surface area contributed by atoms with E-state index in [-0.39, 0.29) is 16.9 Å². The first-order valence-corrected chi connectivity index (χ1v) is 6.24. The molecule has 5 nitrogen and oxygen atoms in total. The number of amides is 1. The number of likely N-dealkylation sites (N-methyl/N-ethyl adjacent to an activating group) is 1. The van der Waals surface area contributed by atoms with Crippen LogP contribution in [0.25, 0.3) is 11.0 Å². The number of anilines is 1. The quantitative estimate of drug-likeness (QED) is 0.868. The average Bonchev–Trinajstić information content (AvgIpc) is 2.82. The lowest BCUT2D eigenvalue weighted by molar-refractivity contribution is -0.129. The Bertz CT molecular complexity index is 684. The maximum atomic E-state index is 13.4. The number of nitrogens with zero attached hydrogens (tertiary/aromatic N) is 3. The summed E-state index contributed by atoms with van der Waals surface area (Å²) in [5.74, 6) is -0.370. The number of likely N-dealkylation sites (tertiary alicyclic amines) is 1. The van der Waals surface area contributed by atoms with Crippen molar-refractivity contribution >= 4 is 34.5 Å². The van der Waals surface area contributed by atoms with Gasteiger partial charge in [-0.2, -0.15) is 0 Å². The molecule has 1 aliphatic heterocycles. The van der Waals surface area contributed by atoms with E-state index in [0.29, 0.717) is 24.0 Å². The normalized spacial score (nSPS) is 19.6. The van der Waals surface area contributed by atoms with Crippen LogP contribution in [0.2, 0.25) is 5.02 Å². The molecular weight excluding hydrogens is 271 g/mol. The number of hydrogen-bond acceptors (Lipinski definition) is 3. The number of rotatable bonds is 1. The maximum absolute atomic E-state index is 13.4. The van der Waals surface area contributed by atoms with Crippen molar-refractivity contribution < 1.29 is 9.18 Å². The molecule has 19 heavy (non-hydrogen) atoms. The van der Waals surface area contributed by atoms with Gasteiger partial charge < -0.3 is 10.6 Å². The number of carbonyl (C=O) groups is 1. The summed E-state index contributed by atoms with van der Waals surface area (Å²) in [6, 6.07) is 2.30. The van der Waals surface area contributed by atoms with Gasteiger partial charge in [0.2, 0.25) is 11.9 Å². The van der Waals surface area contributed by atoms with Crippen LogP contribution >= 0.6 is 11.6 Å². The topological polar surface area (TPSA) is 64.2 Å². The van der Waals surface area contributed by atoms with Crippen LogP contribution in [0.4, 0.5) is 10.3 Å². The summed E-state index contributed by atoms with van der Waals surface area (Å²) in [4.78, 5) is 17.8. The second kappa shape index (κ2) is 4.09. The number of benzene rings is 1. The number of hydrogen-bond donors (Lipinski definition) is 1. The Kier molecular flexibility index (Phi) is 2.63. The number of fused-ring (bicyclic) bond motifs is 1. The standard InChI is InChI=1S/C12H12ClFN4O/c1-17-3-2-9(11(17)19)18-10-4-6(13)7(14)5-8(10)16-12(18)15/h4-5,9H,2-3H2,1H3,(H2,15,16). The molecule has 1 aliphatic rings. The van der Waals surface area contributed by atoms with Gasteiger partial charge in [-0.3, -0.25) is 9.36 Å². The molecule has 0 saturated carbocycles. The second-order valence-electron chi connectivity index (χ2n) is 4.66. The molecule has 100 valence electrons. The van der Waals surface area contributed by atoms with Crippen LogP contribution in [-0.2, 0) is 4.79 Å². The van der Waals surface area contributed by atoms with Gasteiger partial charge in [-0.05, 0) is 12.5 Å². The van der Waals surface area contributed by atoms with Gasteiger partial charge in [0.1, 0.15) is 11.9 Å². The average molecular weight is 283 g/mol. The highest BCUT2D eigenvalue weighted by Crippen LogP contribution is 2.31. The van der Waals surface area contributed by atoms with Crippen molar-refractivity contribution in [2.24, 2.45) is 0 Å². The number of carbonyl (C=O) groups excluding carboxylic acids is 1. The van der Waals surface area contributed by atoms with E-state index in [1.165, 1.54) is 12.1 Å². The first-order chi connectivity index (χ1) is 8.99. The molecule has 0 bridgehead atoms. The molecule has 1 saturated heterocycles. The minimum absolute atomic E-state index is 0.00699. The van der Waals surface area contributed by atoms with E-state index in [2.05, 4.69) is 4.98 Å². The third kappa shape index (κ3) is 1.74. The predicted octanol–water partition coefficient (Wildman–Crippen LogP) is 1.81. The van der Waals surface area contributed by atoms with Crippen molar-refractivity contribution in [3.8, 4) is 0 Å². The summed E-state index contributed by atoms with van der Waals surface area (Å²) < 4.78 is 15.0. The molecule has 1 unspecified atom stereocenters. The Morgan fingerprint density at radius 1 is 1.53 bits per heavy atom. The van der Waals surface area contributed by atoms with Gasteiger partial charge in [0, 0.05) is 19.7 Å². The SMILES string of the molecule is CN1CCC(n2c(N)nc3cc(F)c(Cl)cc32)C1=O. The summed E-state index contributed by atoms with van der Waals surface area (Å²) in [5.41, 5.74) is 6.84. The molecule has 1 atom stereocenters. The molecule has 7 heteroatoms. The molecule has 1 fully saturated rings. The molecule has 0 radical (unpaired) electrons. The van der Waals surface area contributed by atoms with E-state index >= 15 is 0 Å². The van der Waals surface area contributed by atoms with Gasteiger partial charge in [0.15, 0.2) is 0 Å². The fourth-order valence-electron chi connectivity index (χ4n) is 2.48. The van der Waals surface area contributed by atoms with Crippen LogP contribution in [0, 0.1) is 5.82 Å². The highest BCUT2D eigenvalue weighted by Gasteiger charge is 2.33.